The Morgan fingerprint density at radius 1 is 1.45 bits per heavy atom. The first kappa shape index (κ1) is 14.8. The van der Waals surface area contributed by atoms with E-state index >= 15 is 0 Å². The molecule has 1 heterocycles. The van der Waals surface area contributed by atoms with E-state index in [1.165, 1.54) is 0 Å². The van der Waals surface area contributed by atoms with Gasteiger partial charge in [-0.2, -0.15) is 5.10 Å². The Bertz CT molecular complexity index is 691. The molecule has 116 valence electrons. The zero-order chi connectivity index (χ0) is 15.7. The van der Waals surface area contributed by atoms with Gasteiger partial charge in [0.2, 0.25) is 0 Å². The molecule has 5 nitrogen and oxygen atoms in total. The van der Waals surface area contributed by atoms with Gasteiger partial charge in [0.1, 0.15) is 0 Å². The molecule has 0 aliphatic heterocycles. The molecule has 0 unspecified atom stereocenters. The number of hydrogen-bond donors (Lipinski definition) is 1. The number of nitrogens with two attached hydrogens (primary N) is 1. The van der Waals surface area contributed by atoms with E-state index in [0.29, 0.717) is 5.56 Å². The summed E-state index contributed by atoms with van der Waals surface area (Å²) in [6.07, 6.45) is 4.74. The molecule has 0 saturated heterocycles. The summed E-state index contributed by atoms with van der Waals surface area (Å²) in [4.78, 5) is 12.0. The minimum atomic E-state index is -0.311. The van der Waals surface area contributed by atoms with Crippen molar-refractivity contribution in [1.82, 2.24) is 9.78 Å². The Morgan fingerprint density at radius 2 is 2.27 bits per heavy atom. The lowest BCUT2D eigenvalue weighted by atomic mass is 9.94. The van der Waals surface area contributed by atoms with E-state index in [4.69, 9.17) is 10.5 Å². The standard InChI is InChI=1S/C17H21N3O2/c1-11(2)22-17(21)12-5-3-6-13(9-12)20-16-8-4-7-15(18)14(16)10-19-20/h3,5-6,9-11,15H,4,7-8,18H2,1-2H3/t15-/m1/s1. The average molecular weight is 299 g/mol. The highest BCUT2D eigenvalue weighted by molar-refractivity contribution is 5.90. The van der Waals surface area contributed by atoms with Gasteiger partial charge >= 0.3 is 5.97 Å². The van der Waals surface area contributed by atoms with Crippen LogP contribution < -0.4 is 5.73 Å². The van der Waals surface area contributed by atoms with E-state index in [9.17, 15) is 4.79 Å². The first-order valence-corrected chi connectivity index (χ1v) is 7.70. The van der Waals surface area contributed by atoms with Gasteiger partial charge in [-0.15, -0.1) is 0 Å². The lowest BCUT2D eigenvalue weighted by molar-refractivity contribution is 0.0378. The van der Waals surface area contributed by atoms with Crippen LogP contribution in [0.15, 0.2) is 30.5 Å². The van der Waals surface area contributed by atoms with Crippen molar-refractivity contribution in [3.63, 3.8) is 0 Å². The molecule has 22 heavy (non-hydrogen) atoms. The molecule has 1 atom stereocenters. The van der Waals surface area contributed by atoms with E-state index in [1.54, 1.807) is 6.07 Å². The lowest BCUT2D eigenvalue weighted by Gasteiger charge is -2.19. The monoisotopic (exact) mass is 299 g/mol. The quantitative estimate of drug-likeness (QED) is 0.885. The van der Waals surface area contributed by atoms with Gasteiger partial charge in [-0.05, 0) is 51.3 Å². The highest BCUT2D eigenvalue weighted by Crippen LogP contribution is 2.29. The molecular formula is C17H21N3O2. The van der Waals surface area contributed by atoms with E-state index in [2.05, 4.69) is 5.10 Å². The number of aromatic nitrogens is 2. The predicted molar refractivity (Wildman–Crippen MR) is 84.0 cm³/mol. The van der Waals surface area contributed by atoms with Crippen molar-refractivity contribution in [2.24, 2.45) is 5.73 Å². The van der Waals surface area contributed by atoms with Crippen LogP contribution in [0.5, 0.6) is 0 Å². The molecule has 1 aliphatic rings. The van der Waals surface area contributed by atoms with Crippen molar-refractivity contribution in [2.75, 3.05) is 0 Å². The van der Waals surface area contributed by atoms with Gasteiger partial charge in [-0.25, -0.2) is 9.48 Å². The summed E-state index contributed by atoms with van der Waals surface area (Å²) in [5.74, 6) is -0.311. The fourth-order valence-electron chi connectivity index (χ4n) is 2.86. The van der Waals surface area contributed by atoms with Crippen molar-refractivity contribution in [2.45, 2.75) is 45.3 Å². The van der Waals surface area contributed by atoms with Crippen molar-refractivity contribution >= 4 is 5.97 Å². The van der Waals surface area contributed by atoms with Gasteiger partial charge in [0, 0.05) is 17.3 Å². The highest BCUT2D eigenvalue weighted by atomic mass is 16.5. The molecule has 3 rings (SSSR count). The predicted octanol–water partition coefficient (Wildman–Crippen LogP) is 2.77. The second-order valence-corrected chi connectivity index (χ2v) is 5.96. The number of ether oxygens (including phenoxy) is 1. The Kier molecular flexibility index (Phi) is 3.98. The molecule has 1 aromatic carbocycles. The van der Waals surface area contributed by atoms with Crippen LogP contribution in [0.1, 0.15) is 54.3 Å². The second kappa shape index (κ2) is 5.93. The highest BCUT2D eigenvalue weighted by Gasteiger charge is 2.22. The molecule has 2 N–H and O–H groups in total. The largest absolute Gasteiger partial charge is 0.459 e. The van der Waals surface area contributed by atoms with Crippen molar-refractivity contribution < 1.29 is 9.53 Å². The number of nitrogens with zero attached hydrogens (tertiary/aromatic N) is 2. The smallest absolute Gasteiger partial charge is 0.338 e. The van der Waals surface area contributed by atoms with E-state index in [-0.39, 0.29) is 18.1 Å². The molecule has 5 heteroatoms. The van der Waals surface area contributed by atoms with Crippen LogP contribution in [-0.4, -0.2) is 21.9 Å². The molecule has 0 bridgehead atoms. The number of esters is 1. The first-order valence-electron chi connectivity index (χ1n) is 7.70. The van der Waals surface area contributed by atoms with E-state index in [0.717, 1.165) is 36.2 Å². The third-order valence-electron chi connectivity index (χ3n) is 3.90. The molecule has 0 amide bonds. The second-order valence-electron chi connectivity index (χ2n) is 5.96. The third kappa shape index (κ3) is 2.76. The SMILES string of the molecule is CC(C)OC(=O)c1cccc(-n2ncc3c2CCC[C@H]3N)c1. The number of carbonyl (C=O) groups is 1. The van der Waals surface area contributed by atoms with Crippen molar-refractivity contribution in [3.05, 3.63) is 47.3 Å². The molecule has 0 fully saturated rings. The number of hydrogen-bond acceptors (Lipinski definition) is 4. The molecule has 2 aromatic rings. The molecular weight excluding hydrogens is 278 g/mol. The fraction of sp³-hybridized carbons (Fsp3) is 0.412. The number of rotatable bonds is 3. The van der Waals surface area contributed by atoms with Crippen LogP contribution in [0.2, 0.25) is 0 Å². The van der Waals surface area contributed by atoms with Gasteiger partial charge < -0.3 is 10.5 Å². The summed E-state index contributed by atoms with van der Waals surface area (Å²) in [6.45, 7) is 3.68. The third-order valence-corrected chi connectivity index (χ3v) is 3.90. The Hall–Kier alpha value is -2.14. The molecule has 1 aromatic heterocycles. The zero-order valence-corrected chi connectivity index (χ0v) is 13.0. The van der Waals surface area contributed by atoms with Gasteiger partial charge in [-0.1, -0.05) is 6.07 Å². The van der Waals surface area contributed by atoms with Gasteiger partial charge in [0.05, 0.1) is 23.6 Å². The van der Waals surface area contributed by atoms with E-state index in [1.807, 2.05) is 42.9 Å². The van der Waals surface area contributed by atoms with Crippen LogP contribution >= 0.6 is 0 Å². The van der Waals surface area contributed by atoms with Crippen LogP contribution in [0.25, 0.3) is 5.69 Å². The summed E-state index contributed by atoms with van der Waals surface area (Å²) in [7, 11) is 0. The molecule has 0 spiro atoms. The summed E-state index contributed by atoms with van der Waals surface area (Å²) in [6, 6.07) is 7.43. The topological polar surface area (TPSA) is 70.1 Å². The summed E-state index contributed by atoms with van der Waals surface area (Å²) >= 11 is 0. The molecule has 0 saturated carbocycles. The average Bonchev–Trinajstić information content (AvgIpc) is 2.92. The number of carbonyl (C=O) groups excluding carboxylic acids is 1. The van der Waals surface area contributed by atoms with Gasteiger partial charge in [0.15, 0.2) is 0 Å². The van der Waals surface area contributed by atoms with Crippen LogP contribution in [0, 0.1) is 0 Å². The van der Waals surface area contributed by atoms with Crippen molar-refractivity contribution in [1.29, 1.82) is 0 Å². The summed E-state index contributed by atoms with van der Waals surface area (Å²) in [5, 5.41) is 4.46. The maximum Gasteiger partial charge on any atom is 0.338 e. The summed E-state index contributed by atoms with van der Waals surface area (Å²) in [5.41, 5.74) is 9.81. The minimum Gasteiger partial charge on any atom is -0.459 e. The Balaban J connectivity index is 1.95. The fourth-order valence-corrected chi connectivity index (χ4v) is 2.86. The van der Waals surface area contributed by atoms with E-state index < -0.39 is 0 Å². The Morgan fingerprint density at radius 3 is 3.05 bits per heavy atom. The molecule has 0 radical (unpaired) electrons. The summed E-state index contributed by atoms with van der Waals surface area (Å²) < 4.78 is 7.14. The van der Waals surface area contributed by atoms with Crippen LogP contribution in [0.4, 0.5) is 0 Å². The maximum absolute atomic E-state index is 12.0. The van der Waals surface area contributed by atoms with Crippen LogP contribution in [0.3, 0.4) is 0 Å². The molecule has 1 aliphatic carbocycles. The van der Waals surface area contributed by atoms with Crippen LogP contribution in [-0.2, 0) is 11.2 Å². The maximum atomic E-state index is 12.0. The normalized spacial score (nSPS) is 17.4. The van der Waals surface area contributed by atoms with Gasteiger partial charge in [0.25, 0.3) is 0 Å². The number of benzene rings is 1. The zero-order valence-electron chi connectivity index (χ0n) is 13.0. The minimum absolute atomic E-state index is 0.0617. The Labute approximate surface area is 130 Å². The van der Waals surface area contributed by atoms with Crippen molar-refractivity contribution in [3.8, 4) is 5.69 Å². The lowest BCUT2D eigenvalue weighted by Crippen LogP contribution is -2.18. The number of fused-ring (bicyclic) bond motifs is 1. The first-order chi connectivity index (χ1) is 10.6. The van der Waals surface area contributed by atoms with Gasteiger partial charge in [-0.3, -0.25) is 0 Å².